The summed E-state index contributed by atoms with van der Waals surface area (Å²) in [5.74, 6) is 1.70. The van der Waals surface area contributed by atoms with Gasteiger partial charge < -0.3 is 10.1 Å². The third-order valence-corrected chi connectivity index (χ3v) is 3.32. The van der Waals surface area contributed by atoms with E-state index >= 15 is 0 Å². The molecule has 0 bridgehead atoms. The van der Waals surface area contributed by atoms with Crippen LogP contribution < -0.4 is 10.1 Å². The summed E-state index contributed by atoms with van der Waals surface area (Å²) in [6.45, 7) is 3.11. The van der Waals surface area contributed by atoms with Crippen molar-refractivity contribution in [2.24, 2.45) is 5.92 Å². The van der Waals surface area contributed by atoms with Crippen LogP contribution >= 0.6 is 0 Å². The fourth-order valence-electron chi connectivity index (χ4n) is 2.24. The van der Waals surface area contributed by atoms with Gasteiger partial charge in [0.1, 0.15) is 5.75 Å². The fourth-order valence-corrected chi connectivity index (χ4v) is 2.24. The molecule has 1 unspecified atom stereocenters. The second-order valence-corrected chi connectivity index (χ2v) is 4.74. The molecule has 1 N–H and O–H groups in total. The highest BCUT2D eigenvalue weighted by atomic mass is 16.5. The van der Waals surface area contributed by atoms with Gasteiger partial charge in [-0.15, -0.1) is 0 Å². The maximum atomic E-state index is 5.39. The smallest absolute Gasteiger partial charge is 0.142 e. The molecule has 1 aromatic rings. The van der Waals surface area contributed by atoms with E-state index < -0.39 is 0 Å². The Bertz CT molecular complexity index is 398. The summed E-state index contributed by atoms with van der Waals surface area (Å²) in [5.41, 5.74) is 2.33. The Kier molecular flexibility index (Phi) is 4.08. The molecule has 0 radical (unpaired) electrons. The minimum absolute atomic E-state index is 0.756. The SMILES string of the molecule is COc1cc(C)ccc1NCC1CC=CCC1. The molecule has 0 aliphatic heterocycles. The summed E-state index contributed by atoms with van der Waals surface area (Å²) >= 11 is 0. The number of benzene rings is 1. The van der Waals surface area contributed by atoms with Crippen molar-refractivity contribution in [1.82, 2.24) is 0 Å². The van der Waals surface area contributed by atoms with E-state index in [1.165, 1.54) is 24.8 Å². The molecule has 1 aliphatic carbocycles. The molecule has 17 heavy (non-hydrogen) atoms. The van der Waals surface area contributed by atoms with Gasteiger partial charge in [-0.1, -0.05) is 18.2 Å². The molecule has 0 spiro atoms. The van der Waals surface area contributed by atoms with E-state index in [4.69, 9.17) is 4.74 Å². The predicted octanol–water partition coefficient (Wildman–Crippen LogP) is 3.77. The molecule has 1 aliphatic rings. The lowest BCUT2D eigenvalue weighted by atomic mass is 9.94. The molecule has 0 saturated carbocycles. The Morgan fingerprint density at radius 3 is 2.94 bits per heavy atom. The zero-order valence-electron chi connectivity index (χ0n) is 10.7. The van der Waals surface area contributed by atoms with Crippen molar-refractivity contribution in [3.05, 3.63) is 35.9 Å². The maximum absolute atomic E-state index is 5.39. The van der Waals surface area contributed by atoms with E-state index in [0.29, 0.717) is 0 Å². The zero-order chi connectivity index (χ0) is 12.1. The van der Waals surface area contributed by atoms with Crippen LogP contribution in [0.1, 0.15) is 24.8 Å². The van der Waals surface area contributed by atoms with Gasteiger partial charge in [-0.3, -0.25) is 0 Å². The number of nitrogens with one attached hydrogen (secondary N) is 1. The number of aryl methyl sites for hydroxylation is 1. The first-order valence-corrected chi connectivity index (χ1v) is 6.33. The second kappa shape index (κ2) is 5.76. The van der Waals surface area contributed by atoms with Crippen molar-refractivity contribution in [3.63, 3.8) is 0 Å². The van der Waals surface area contributed by atoms with Gasteiger partial charge in [-0.25, -0.2) is 0 Å². The highest BCUT2D eigenvalue weighted by molar-refractivity contribution is 5.57. The minimum atomic E-state index is 0.756. The highest BCUT2D eigenvalue weighted by Crippen LogP contribution is 2.26. The van der Waals surface area contributed by atoms with Crippen molar-refractivity contribution in [2.75, 3.05) is 19.0 Å². The van der Waals surface area contributed by atoms with Crippen LogP contribution in [0.5, 0.6) is 5.75 Å². The minimum Gasteiger partial charge on any atom is -0.495 e. The van der Waals surface area contributed by atoms with Crippen LogP contribution in [0, 0.1) is 12.8 Å². The third-order valence-electron chi connectivity index (χ3n) is 3.32. The molecule has 0 saturated heterocycles. The molecular weight excluding hydrogens is 210 g/mol. The van der Waals surface area contributed by atoms with E-state index in [2.05, 4.69) is 42.6 Å². The average Bonchev–Trinajstić information content (AvgIpc) is 2.38. The maximum Gasteiger partial charge on any atom is 0.142 e. The van der Waals surface area contributed by atoms with Crippen LogP contribution in [0.15, 0.2) is 30.4 Å². The number of ether oxygens (including phenoxy) is 1. The molecule has 1 atom stereocenters. The van der Waals surface area contributed by atoms with Crippen LogP contribution in [-0.2, 0) is 0 Å². The summed E-state index contributed by atoms with van der Waals surface area (Å²) in [7, 11) is 1.73. The van der Waals surface area contributed by atoms with E-state index in [-0.39, 0.29) is 0 Å². The molecule has 2 nitrogen and oxygen atoms in total. The Morgan fingerprint density at radius 2 is 2.24 bits per heavy atom. The van der Waals surface area contributed by atoms with Gasteiger partial charge in [-0.2, -0.15) is 0 Å². The lowest BCUT2D eigenvalue weighted by Gasteiger charge is -2.20. The van der Waals surface area contributed by atoms with E-state index in [0.717, 1.165) is 23.9 Å². The monoisotopic (exact) mass is 231 g/mol. The van der Waals surface area contributed by atoms with Gasteiger partial charge in [0.2, 0.25) is 0 Å². The molecule has 0 heterocycles. The molecular formula is C15H21NO. The number of allylic oxidation sites excluding steroid dienone is 2. The molecule has 2 heteroatoms. The van der Waals surface area contributed by atoms with Crippen molar-refractivity contribution in [2.45, 2.75) is 26.2 Å². The standard InChI is InChI=1S/C15H21NO/c1-12-8-9-14(15(10-12)17-2)16-11-13-6-4-3-5-7-13/h3-4,8-10,13,16H,5-7,11H2,1-2H3. The molecule has 0 aromatic heterocycles. The number of methoxy groups -OCH3 is 1. The lowest BCUT2D eigenvalue weighted by molar-refractivity contribution is 0.415. The highest BCUT2D eigenvalue weighted by Gasteiger charge is 2.10. The Hall–Kier alpha value is -1.44. The van der Waals surface area contributed by atoms with Crippen molar-refractivity contribution < 1.29 is 4.74 Å². The van der Waals surface area contributed by atoms with Gasteiger partial charge in [-0.05, 0) is 49.8 Å². The zero-order valence-corrected chi connectivity index (χ0v) is 10.7. The normalized spacial score (nSPS) is 19.1. The fraction of sp³-hybridized carbons (Fsp3) is 0.467. The number of anilines is 1. The van der Waals surface area contributed by atoms with Crippen molar-refractivity contribution >= 4 is 5.69 Å². The van der Waals surface area contributed by atoms with Crippen molar-refractivity contribution in [3.8, 4) is 5.75 Å². The number of hydrogen-bond acceptors (Lipinski definition) is 2. The molecule has 2 rings (SSSR count). The summed E-state index contributed by atoms with van der Waals surface area (Å²) in [6.07, 6.45) is 8.28. The van der Waals surface area contributed by atoms with Gasteiger partial charge in [0.05, 0.1) is 12.8 Å². The first kappa shape index (κ1) is 12.0. The average molecular weight is 231 g/mol. The van der Waals surface area contributed by atoms with Gasteiger partial charge >= 0.3 is 0 Å². The van der Waals surface area contributed by atoms with E-state index in [1.54, 1.807) is 7.11 Å². The predicted molar refractivity (Wildman–Crippen MR) is 72.7 cm³/mol. The summed E-state index contributed by atoms with van der Waals surface area (Å²) in [6, 6.07) is 6.29. The van der Waals surface area contributed by atoms with Gasteiger partial charge in [0.25, 0.3) is 0 Å². The van der Waals surface area contributed by atoms with Gasteiger partial charge in [0.15, 0.2) is 0 Å². The summed E-state index contributed by atoms with van der Waals surface area (Å²) < 4.78 is 5.39. The Balaban J connectivity index is 1.96. The van der Waals surface area contributed by atoms with Crippen LogP contribution in [0.25, 0.3) is 0 Å². The Morgan fingerprint density at radius 1 is 1.35 bits per heavy atom. The van der Waals surface area contributed by atoms with Crippen molar-refractivity contribution in [1.29, 1.82) is 0 Å². The molecule has 92 valence electrons. The van der Waals surface area contributed by atoms with Crippen LogP contribution in [0.3, 0.4) is 0 Å². The van der Waals surface area contributed by atoms with Crippen LogP contribution in [-0.4, -0.2) is 13.7 Å². The first-order valence-electron chi connectivity index (χ1n) is 6.33. The number of rotatable bonds is 4. The third kappa shape index (κ3) is 3.26. The number of hydrogen-bond donors (Lipinski definition) is 1. The largest absolute Gasteiger partial charge is 0.495 e. The quantitative estimate of drug-likeness (QED) is 0.796. The lowest BCUT2D eigenvalue weighted by Crippen LogP contribution is -2.15. The van der Waals surface area contributed by atoms with E-state index in [1.807, 2.05) is 0 Å². The summed E-state index contributed by atoms with van der Waals surface area (Å²) in [5, 5.41) is 3.50. The van der Waals surface area contributed by atoms with Gasteiger partial charge in [0, 0.05) is 6.54 Å². The molecule has 0 fully saturated rings. The first-order chi connectivity index (χ1) is 8.29. The Labute approximate surface area is 104 Å². The second-order valence-electron chi connectivity index (χ2n) is 4.74. The molecule has 1 aromatic carbocycles. The van der Waals surface area contributed by atoms with Crippen LogP contribution in [0.4, 0.5) is 5.69 Å². The van der Waals surface area contributed by atoms with E-state index in [9.17, 15) is 0 Å². The molecule has 0 amide bonds. The topological polar surface area (TPSA) is 21.3 Å². The van der Waals surface area contributed by atoms with Crippen LogP contribution in [0.2, 0.25) is 0 Å². The summed E-state index contributed by atoms with van der Waals surface area (Å²) in [4.78, 5) is 0.